The molecule has 1 aromatic carbocycles. The predicted octanol–water partition coefficient (Wildman–Crippen LogP) is 3.44. The van der Waals surface area contributed by atoms with E-state index >= 15 is 0 Å². The normalized spacial score (nSPS) is 21.2. The number of benzene rings is 1. The zero-order valence-electron chi connectivity index (χ0n) is 12.4. The van der Waals surface area contributed by atoms with Crippen LogP contribution in [0.3, 0.4) is 0 Å². The lowest BCUT2D eigenvalue weighted by Crippen LogP contribution is -2.42. The first kappa shape index (κ1) is 16.9. The van der Waals surface area contributed by atoms with E-state index < -0.39 is 11.8 Å². The molecule has 22 heavy (non-hydrogen) atoms. The number of hydrogen-bond donors (Lipinski definition) is 1. The Bertz CT molecular complexity index is 564. The predicted molar refractivity (Wildman–Crippen MR) is 83.9 cm³/mol. The van der Waals surface area contributed by atoms with Crippen LogP contribution in [0.1, 0.15) is 43.0 Å². The molecule has 0 aliphatic heterocycles. The summed E-state index contributed by atoms with van der Waals surface area (Å²) in [6, 6.07) is 3.88. The third-order valence-corrected chi connectivity index (χ3v) is 4.63. The number of amides is 1. The fourth-order valence-electron chi connectivity index (χ4n) is 2.64. The van der Waals surface area contributed by atoms with Gasteiger partial charge in [-0.2, -0.15) is 0 Å². The summed E-state index contributed by atoms with van der Waals surface area (Å²) in [6.07, 6.45) is 4.35. The summed E-state index contributed by atoms with van der Waals surface area (Å²) >= 11 is 3.16. The number of carbonyl (C=O) groups is 2. The molecular weight excluding hydrogens is 353 g/mol. The van der Waals surface area contributed by atoms with E-state index in [0.29, 0.717) is 10.4 Å². The molecular formula is C16H19BrFNO3. The molecule has 1 aromatic rings. The van der Waals surface area contributed by atoms with Gasteiger partial charge in [-0.05, 0) is 52.9 Å². The molecule has 1 fully saturated rings. The van der Waals surface area contributed by atoms with Crippen molar-refractivity contribution in [3.63, 3.8) is 0 Å². The van der Waals surface area contributed by atoms with Gasteiger partial charge in [-0.15, -0.1) is 0 Å². The van der Waals surface area contributed by atoms with E-state index in [1.165, 1.54) is 18.6 Å². The molecule has 1 aliphatic carbocycles. The zero-order chi connectivity index (χ0) is 16.1. The quantitative estimate of drug-likeness (QED) is 0.824. The van der Waals surface area contributed by atoms with Gasteiger partial charge in [0, 0.05) is 10.5 Å². The van der Waals surface area contributed by atoms with Crippen LogP contribution >= 0.6 is 15.9 Å². The topological polar surface area (TPSA) is 55.4 Å². The number of nitrogens with one attached hydrogen (secondary N) is 1. The highest BCUT2D eigenvalue weighted by Gasteiger charge is 2.23. The Morgan fingerprint density at radius 2 is 2.09 bits per heavy atom. The van der Waals surface area contributed by atoms with Gasteiger partial charge in [0.15, 0.2) is 6.61 Å². The first-order valence-corrected chi connectivity index (χ1v) is 8.18. The Labute approximate surface area is 137 Å². The van der Waals surface area contributed by atoms with Gasteiger partial charge in [-0.3, -0.25) is 4.79 Å². The van der Waals surface area contributed by atoms with Crippen molar-refractivity contribution in [2.24, 2.45) is 5.92 Å². The summed E-state index contributed by atoms with van der Waals surface area (Å²) in [7, 11) is 0. The number of rotatable bonds is 4. The molecule has 1 N–H and O–H groups in total. The molecule has 6 heteroatoms. The van der Waals surface area contributed by atoms with Crippen LogP contribution in [-0.4, -0.2) is 24.5 Å². The highest BCUT2D eigenvalue weighted by atomic mass is 79.9. The molecule has 0 heterocycles. The molecule has 0 bridgehead atoms. The lowest BCUT2D eigenvalue weighted by molar-refractivity contribution is -0.125. The second-order valence-electron chi connectivity index (χ2n) is 5.64. The molecule has 120 valence electrons. The molecule has 2 atom stereocenters. The van der Waals surface area contributed by atoms with Gasteiger partial charge < -0.3 is 10.1 Å². The summed E-state index contributed by atoms with van der Waals surface area (Å²) in [5, 5.41) is 2.90. The van der Waals surface area contributed by atoms with Gasteiger partial charge in [0.2, 0.25) is 0 Å². The van der Waals surface area contributed by atoms with Gasteiger partial charge in [-0.1, -0.05) is 19.8 Å². The summed E-state index contributed by atoms with van der Waals surface area (Å²) in [5.74, 6) is -1.14. The van der Waals surface area contributed by atoms with Gasteiger partial charge in [0.25, 0.3) is 5.91 Å². The van der Waals surface area contributed by atoms with E-state index in [2.05, 4.69) is 28.2 Å². The van der Waals surface area contributed by atoms with Crippen LogP contribution < -0.4 is 5.32 Å². The first-order valence-electron chi connectivity index (χ1n) is 7.39. The molecule has 0 aromatic heterocycles. The SMILES string of the molecule is C[C@@H]1CCCC[C@@H]1NC(=O)COC(=O)c1cc(F)ccc1Br. The largest absolute Gasteiger partial charge is 0.452 e. The van der Waals surface area contributed by atoms with Crippen LogP contribution in [0, 0.1) is 11.7 Å². The highest BCUT2D eigenvalue weighted by molar-refractivity contribution is 9.10. The van der Waals surface area contributed by atoms with E-state index in [-0.39, 0.29) is 24.1 Å². The third-order valence-electron chi connectivity index (χ3n) is 3.94. The van der Waals surface area contributed by atoms with E-state index in [9.17, 15) is 14.0 Å². The maximum atomic E-state index is 13.2. The molecule has 0 saturated heterocycles. The van der Waals surface area contributed by atoms with E-state index in [0.717, 1.165) is 25.3 Å². The molecule has 1 saturated carbocycles. The Hall–Kier alpha value is -1.43. The fourth-order valence-corrected chi connectivity index (χ4v) is 3.05. The van der Waals surface area contributed by atoms with Gasteiger partial charge in [0.1, 0.15) is 5.82 Å². The van der Waals surface area contributed by atoms with Crippen molar-refractivity contribution in [3.8, 4) is 0 Å². The summed E-state index contributed by atoms with van der Waals surface area (Å²) in [4.78, 5) is 23.8. The average Bonchev–Trinajstić information content (AvgIpc) is 2.49. The maximum Gasteiger partial charge on any atom is 0.339 e. The van der Waals surface area contributed by atoms with Gasteiger partial charge in [-0.25, -0.2) is 9.18 Å². The molecule has 0 unspecified atom stereocenters. The van der Waals surface area contributed by atoms with Crippen molar-refractivity contribution in [2.75, 3.05) is 6.61 Å². The molecule has 2 rings (SSSR count). The lowest BCUT2D eigenvalue weighted by Gasteiger charge is -2.29. The Balaban J connectivity index is 1.85. The Morgan fingerprint density at radius 1 is 1.36 bits per heavy atom. The highest BCUT2D eigenvalue weighted by Crippen LogP contribution is 2.23. The van der Waals surface area contributed by atoms with E-state index in [1.807, 2.05) is 0 Å². The van der Waals surface area contributed by atoms with Gasteiger partial charge >= 0.3 is 5.97 Å². The molecule has 4 nitrogen and oxygen atoms in total. The average molecular weight is 372 g/mol. The second kappa shape index (κ2) is 7.72. The van der Waals surface area contributed by atoms with Crippen LogP contribution in [-0.2, 0) is 9.53 Å². The molecule has 1 amide bonds. The van der Waals surface area contributed by atoms with Crippen molar-refractivity contribution in [1.29, 1.82) is 0 Å². The summed E-state index contributed by atoms with van der Waals surface area (Å²) < 4.78 is 18.5. The fraction of sp³-hybridized carbons (Fsp3) is 0.500. The van der Waals surface area contributed by atoms with E-state index in [1.54, 1.807) is 0 Å². The van der Waals surface area contributed by atoms with Crippen LogP contribution in [0.15, 0.2) is 22.7 Å². The number of esters is 1. The molecule has 1 aliphatic rings. The third kappa shape index (κ3) is 4.53. The van der Waals surface area contributed by atoms with Crippen molar-refractivity contribution in [2.45, 2.75) is 38.6 Å². The van der Waals surface area contributed by atoms with Crippen LogP contribution in [0.4, 0.5) is 4.39 Å². The van der Waals surface area contributed by atoms with Crippen molar-refractivity contribution < 1.29 is 18.7 Å². The number of ether oxygens (including phenoxy) is 1. The smallest absolute Gasteiger partial charge is 0.339 e. The van der Waals surface area contributed by atoms with Gasteiger partial charge in [0.05, 0.1) is 5.56 Å². The van der Waals surface area contributed by atoms with E-state index in [4.69, 9.17) is 4.74 Å². The molecule has 0 radical (unpaired) electrons. The van der Waals surface area contributed by atoms with Crippen molar-refractivity contribution in [1.82, 2.24) is 5.32 Å². The van der Waals surface area contributed by atoms with Crippen molar-refractivity contribution in [3.05, 3.63) is 34.1 Å². The number of carbonyl (C=O) groups excluding carboxylic acids is 2. The summed E-state index contributed by atoms with van der Waals surface area (Å²) in [5.41, 5.74) is 0.0684. The minimum absolute atomic E-state index is 0.0684. The van der Waals surface area contributed by atoms with Crippen molar-refractivity contribution >= 4 is 27.8 Å². The second-order valence-corrected chi connectivity index (χ2v) is 6.49. The number of halogens is 2. The Kier molecular flexibility index (Phi) is 5.94. The van der Waals surface area contributed by atoms with Crippen LogP contribution in [0.2, 0.25) is 0 Å². The minimum atomic E-state index is -0.724. The number of hydrogen-bond acceptors (Lipinski definition) is 3. The maximum absolute atomic E-state index is 13.2. The minimum Gasteiger partial charge on any atom is -0.452 e. The summed E-state index contributed by atoms with van der Waals surface area (Å²) in [6.45, 7) is 1.75. The standard InChI is InChI=1S/C16H19BrFNO3/c1-10-4-2-3-5-14(10)19-15(20)9-22-16(21)12-8-11(18)6-7-13(12)17/h6-8,10,14H,2-5,9H2,1H3,(H,19,20)/t10-,14+/m1/s1. The van der Waals surface area contributed by atoms with Crippen LogP contribution in [0.5, 0.6) is 0 Å². The lowest BCUT2D eigenvalue weighted by atomic mass is 9.86. The monoisotopic (exact) mass is 371 g/mol. The van der Waals surface area contributed by atoms with Crippen LogP contribution in [0.25, 0.3) is 0 Å². The first-order chi connectivity index (χ1) is 10.5. The molecule has 0 spiro atoms. The Morgan fingerprint density at radius 3 is 2.82 bits per heavy atom. The zero-order valence-corrected chi connectivity index (χ0v) is 14.0.